The van der Waals surface area contributed by atoms with E-state index in [1.165, 1.54) is 0 Å². The van der Waals surface area contributed by atoms with E-state index in [4.69, 9.17) is 18.9 Å². The molecule has 1 N–H and O–H groups in total. The van der Waals surface area contributed by atoms with Crippen molar-refractivity contribution in [1.82, 2.24) is 0 Å². The molecule has 28 heavy (non-hydrogen) atoms. The van der Waals surface area contributed by atoms with Gasteiger partial charge in [-0.15, -0.1) is 6.58 Å². The number of ether oxygens (including phenoxy) is 4. The minimum absolute atomic E-state index is 0.239. The van der Waals surface area contributed by atoms with E-state index in [-0.39, 0.29) is 12.7 Å². The largest absolute Gasteiger partial charge is 0.388 e. The van der Waals surface area contributed by atoms with Crippen molar-refractivity contribution in [2.24, 2.45) is 0 Å². The molecule has 0 aliphatic carbocycles. The minimum atomic E-state index is -0.766. The number of aliphatic hydroxyl groups is 1. The van der Waals surface area contributed by atoms with Crippen LogP contribution in [-0.2, 0) is 18.9 Å². The molecule has 0 unspecified atom stereocenters. The summed E-state index contributed by atoms with van der Waals surface area (Å²) in [5.74, 6) is 0. The van der Waals surface area contributed by atoms with Crippen LogP contribution < -0.4 is 0 Å². The predicted molar refractivity (Wildman–Crippen MR) is 116 cm³/mol. The van der Waals surface area contributed by atoms with E-state index in [0.29, 0.717) is 26.4 Å². The molecule has 0 aromatic carbocycles. The molecule has 5 nitrogen and oxygen atoms in total. The van der Waals surface area contributed by atoms with Gasteiger partial charge in [0.1, 0.15) is 24.4 Å². The second kappa shape index (κ2) is 19.8. The summed E-state index contributed by atoms with van der Waals surface area (Å²) in [5.41, 5.74) is 0. The first-order chi connectivity index (χ1) is 13.7. The lowest BCUT2D eigenvalue weighted by Gasteiger charge is -2.35. The van der Waals surface area contributed by atoms with E-state index in [1.807, 2.05) is 0 Å². The smallest absolute Gasteiger partial charge is 0.116 e. The van der Waals surface area contributed by atoms with Gasteiger partial charge >= 0.3 is 0 Å². The van der Waals surface area contributed by atoms with Crippen molar-refractivity contribution in [3.8, 4) is 0 Å². The molecule has 0 aromatic rings. The second-order valence-corrected chi connectivity index (χ2v) is 7.30. The molecule has 0 spiro atoms. The fourth-order valence-electron chi connectivity index (χ4n) is 2.74. The van der Waals surface area contributed by atoms with Crippen LogP contribution >= 0.6 is 0 Å². The molecule has 0 saturated heterocycles. The van der Waals surface area contributed by atoms with Crippen molar-refractivity contribution >= 4 is 0 Å². The lowest BCUT2D eigenvalue weighted by Crippen LogP contribution is -2.50. The Morgan fingerprint density at radius 1 is 0.714 bits per heavy atom. The van der Waals surface area contributed by atoms with Crippen LogP contribution in [0, 0.1) is 0 Å². The van der Waals surface area contributed by atoms with Crippen LogP contribution in [0.25, 0.3) is 0 Å². The Morgan fingerprint density at radius 2 is 1.18 bits per heavy atom. The molecule has 168 valence electrons. The first kappa shape index (κ1) is 27.5. The highest BCUT2D eigenvalue weighted by Gasteiger charge is 2.35. The SMILES string of the molecule is C=C[C@H](OCCCC)[C@H](OCCCC)[C@H](OCCCC)[C@H](O)COCCCC. The van der Waals surface area contributed by atoms with Gasteiger partial charge in [0.25, 0.3) is 0 Å². The van der Waals surface area contributed by atoms with Crippen LogP contribution in [0.5, 0.6) is 0 Å². The monoisotopic (exact) mass is 402 g/mol. The van der Waals surface area contributed by atoms with Crippen molar-refractivity contribution in [3.05, 3.63) is 12.7 Å². The highest BCUT2D eigenvalue weighted by atomic mass is 16.6. The normalized spacial score (nSPS) is 15.9. The van der Waals surface area contributed by atoms with Gasteiger partial charge in [-0.1, -0.05) is 59.5 Å². The molecular formula is C23H46O5. The van der Waals surface area contributed by atoms with Crippen molar-refractivity contribution in [1.29, 1.82) is 0 Å². The van der Waals surface area contributed by atoms with E-state index in [2.05, 4.69) is 34.3 Å². The molecule has 0 aliphatic rings. The van der Waals surface area contributed by atoms with E-state index >= 15 is 0 Å². The van der Waals surface area contributed by atoms with Gasteiger partial charge in [-0.2, -0.15) is 0 Å². The third kappa shape index (κ3) is 12.9. The third-order valence-electron chi connectivity index (χ3n) is 4.61. The third-order valence-corrected chi connectivity index (χ3v) is 4.61. The zero-order chi connectivity index (χ0) is 21.0. The summed E-state index contributed by atoms with van der Waals surface area (Å²) in [5, 5.41) is 10.8. The highest BCUT2D eigenvalue weighted by Crippen LogP contribution is 2.19. The Bertz CT molecular complexity index is 337. The van der Waals surface area contributed by atoms with Gasteiger partial charge in [0.15, 0.2) is 0 Å². The average Bonchev–Trinajstić information content (AvgIpc) is 2.70. The molecule has 5 heteroatoms. The maximum atomic E-state index is 10.8. The van der Waals surface area contributed by atoms with Crippen LogP contribution in [0.15, 0.2) is 12.7 Å². The van der Waals surface area contributed by atoms with Crippen LogP contribution in [0.4, 0.5) is 0 Å². The Morgan fingerprint density at radius 3 is 1.68 bits per heavy atom. The van der Waals surface area contributed by atoms with Gasteiger partial charge in [0.2, 0.25) is 0 Å². The molecule has 0 rings (SSSR count). The summed E-state index contributed by atoms with van der Waals surface area (Å²) in [6.07, 6.45) is 7.87. The molecule has 0 aromatic heterocycles. The fraction of sp³-hybridized carbons (Fsp3) is 0.913. The highest BCUT2D eigenvalue weighted by molar-refractivity contribution is 4.94. The van der Waals surface area contributed by atoms with Gasteiger partial charge in [0.05, 0.1) is 6.61 Å². The number of hydrogen-bond donors (Lipinski definition) is 1. The van der Waals surface area contributed by atoms with E-state index in [9.17, 15) is 5.11 Å². The quantitative estimate of drug-likeness (QED) is 0.218. The molecule has 0 radical (unpaired) electrons. The maximum Gasteiger partial charge on any atom is 0.116 e. The van der Waals surface area contributed by atoms with E-state index < -0.39 is 18.3 Å². The topological polar surface area (TPSA) is 57.2 Å². The molecule has 0 saturated carbocycles. The first-order valence-electron chi connectivity index (χ1n) is 11.4. The van der Waals surface area contributed by atoms with Crippen LogP contribution in [0.1, 0.15) is 79.1 Å². The zero-order valence-corrected chi connectivity index (χ0v) is 18.9. The summed E-state index contributed by atoms with van der Waals surface area (Å²) in [4.78, 5) is 0. The summed E-state index contributed by atoms with van der Waals surface area (Å²) < 4.78 is 24.0. The molecular weight excluding hydrogens is 356 g/mol. The van der Waals surface area contributed by atoms with Gasteiger partial charge < -0.3 is 24.1 Å². The number of unbranched alkanes of at least 4 members (excludes halogenated alkanes) is 4. The summed E-state index contributed by atoms with van der Waals surface area (Å²) in [6, 6.07) is 0. The number of aliphatic hydroxyl groups excluding tert-OH is 1. The Balaban J connectivity index is 5.16. The Labute approximate surface area is 173 Å². The van der Waals surface area contributed by atoms with E-state index in [1.54, 1.807) is 6.08 Å². The summed E-state index contributed by atoms with van der Waals surface area (Å²) >= 11 is 0. The molecule has 0 amide bonds. The van der Waals surface area contributed by atoms with Crippen LogP contribution in [0.3, 0.4) is 0 Å². The average molecular weight is 403 g/mol. The van der Waals surface area contributed by atoms with E-state index in [0.717, 1.165) is 51.4 Å². The van der Waals surface area contributed by atoms with Crippen molar-refractivity contribution in [3.63, 3.8) is 0 Å². The van der Waals surface area contributed by atoms with Gasteiger partial charge in [-0.25, -0.2) is 0 Å². The lowest BCUT2D eigenvalue weighted by molar-refractivity contribution is -0.169. The van der Waals surface area contributed by atoms with Gasteiger partial charge in [0, 0.05) is 26.4 Å². The summed E-state index contributed by atoms with van der Waals surface area (Å²) in [7, 11) is 0. The second-order valence-electron chi connectivity index (χ2n) is 7.30. The van der Waals surface area contributed by atoms with Crippen molar-refractivity contribution in [2.45, 2.75) is 103 Å². The lowest BCUT2D eigenvalue weighted by atomic mass is 10.0. The predicted octanol–water partition coefficient (Wildman–Crippen LogP) is 4.91. The van der Waals surface area contributed by atoms with Crippen LogP contribution in [-0.4, -0.2) is 62.6 Å². The number of hydrogen-bond acceptors (Lipinski definition) is 5. The first-order valence-corrected chi connectivity index (χ1v) is 11.4. The molecule has 0 fully saturated rings. The van der Waals surface area contributed by atoms with Crippen molar-refractivity contribution in [2.75, 3.05) is 33.0 Å². The molecule has 4 atom stereocenters. The van der Waals surface area contributed by atoms with Crippen LogP contribution in [0.2, 0.25) is 0 Å². The molecule has 0 heterocycles. The van der Waals surface area contributed by atoms with Gasteiger partial charge in [-0.05, 0) is 25.7 Å². The Kier molecular flexibility index (Phi) is 19.5. The minimum Gasteiger partial charge on any atom is -0.388 e. The fourth-order valence-corrected chi connectivity index (χ4v) is 2.74. The Hall–Kier alpha value is -0.460. The standard InChI is InChI=1S/C23H46O5/c1-6-11-15-25-19-20(24)22(27-17-13-8-3)23(28-18-14-9-4)21(10-5)26-16-12-7-2/h10,20-24H,5-9,11-19H2,1-4H3/t20-,21+,22-,23+/m1/s1. The van der Waals surface area contributed by atoms with Crippen molar-refractivity contribution < 1.29 is 24.1 Å². The maximum absolute atomic E-state index is 10.8. The molecule has 0 bridgehead atoms. The van der Waals surface area contributed by atoms with Gasteiger partial charge in [-0.3, -0.25) is 0 Å². The number of rotatable bonds is 21. The zero-order valence-electron chi connectivity index (χ0n) is 18.9. The molecule has 0 aliphatic heterocycles. The summed E-state index contributed by atoms with van der Waals surface area (Å²) in [6.45, 7) is 15.2.